The van der Waals surface area contributed by atoms with E-state index in [-0.39, 0.29) is 12.0 Å². The lowest BCUT2D eigenvalue weighted by Crippen LogP contribution is -2.50. The summed E-state index contributed by atoms with van der Waals surface area (Å²) in [5, 5.41) is 0. The Morgan fingerprint density at radius 2 is 2.00 bits per heavy atom. The SMILES string of the molecule is CC(C)C(C)C(=O)N1CCC(N)C(C)C1. The zero-order chi connectivity index (χ0) is 11.6. The van der Waals surface area contributed by atoms with E-state index in [9.17, 15) is 4.79 Å². The van der Waals surface area contributed by atoms with Crippen LogP contribution in [0.2, 0.25) is 0 Å². The smallest absolute Gasteiger partial charge is 0.225 e. The lowest BCUT2D eigenvalue weighted by molar-refractivity contribution is -0.138. The van der Waals surface area contributed by atoms with Crippen LogP contribution in [0.4, 0.5) is 0 Å². The maximum absolute atomic E-state index is 12.1. The topological polar surface area (TPSA) is 46.3 Å². The first kappa shape index (κ1) is 12.5. The molecule has 1 heterocycles. The van der Waals surface area contributed by atoms with Crippen LogP contribution in [0.3, 0.4) is 0 Å². The summed E-state index contributed by atoms with van der Waals surface area (Å²) in [7, 11) is 0. The van der Waals surface area contributed by atoms with Crippen molar-refractivity contribution >= 4 is 5.91 Å². The Labute approximate surface area is 93.0 Å². The second kappa shape index (κ2) is 4.97. The van der Waals surface area contributed by atoms with Crippen LogP contribution in [0.25, 0.3) is 0 Å². The summed E-state index contributed by atoms with van der Waals surface area (Å²) in [5.74, 6) is 1.28. The molecule has 3 unspecified atom stereocenters. The molecule has 0 saturated carbocycles. The summed E-state index contributed by atoms with van der Waals surface area (Å²) < 4.78 is 0. The molecular formula is C12H24N2O. The van der Waals surface area contributed by atoms with Crippen LogP contribution < -0.4 is 5.73 Å². The number of hydrogen-bond acceptors (Lipinski definition) is 2. The second-order valence-corrected chi connectivity index (χ2v) is 5.25. The summed E-state index contributed by atoms with van der Waals surface area (Å²) in [6.45, 7) is 10.0. The van der Waals surface area contributed by atoms with Crippen molar-refractivity contribution in [1.29, 1.82) is 0 Å². The summed E-state index contributed by atoms with van der Waals surface area (Å²) >= 11 is 0. The average molecular weight is 212 g/mol. The van der Waals surface area contributed by atoms with Gasteiger partial charge in [0.1, 0.15) is 0 Å². The van der Waals surface area contributed by atoms with Gasteiger partial charge in [-0.15, -0.1) is 0 Å². The van der Waals surface area contributed by atoms with E-state index in [0.29, 0.717) is 17.7 Å². The monoisotopic (exact) mass is 212 g/mol. The van der Waals surface area contributed by atoms with Gasteiger partial charge in [-0.05, 0) is 18.3 Å². The number of nitrogens with zero attached hydrogens (tertiary/aromatic N) is 1. The molecule has 1 amide bonds. The van der Waals surface area contributed by atoms with E-state index in [1.165, 1.54) is 0 Å². The molecular weight excluding hydrogens is 188 g/mol. The van der Waals surface area contributed by atoms with E-state index in [2.05, 4.69) is 20.8 Å². The number of likely N-dealkylation sites (tertiary alicyclic amines) is 1. The molecule has 2 N–H and O–H groups in total. The molecule has 1 aliphatic rings. The first-order chi connectivity index (χ1) is 6.93. The second-order valence-electron chi connectivity index (χ2n) is 5.25. The Hall–Kier alpha value is -0.570. The predicted octanol–water partition coefficient (Wildman–Crippen LogP) is 1.47. The van der Waals surface area contributed by atoms with E-state index in [0.717, 1.165) is 19.5 Å². The van der Waals surface area contributed by atoms with Crippen molar-refractivity contribution in [2.24, 2.45) is 23.5 Å². The molecule has 3 atom stereocenters. The van der Waals surface area contributed by atoms with Crippen molar-refractivity contribution in [2.75, 3.05) is 13.1 Å². The summed E-state index contributed by atoms with van der Waals surface area (Å²) in [6, 6.07) is 0.267. The minimum absolute atomic E-state index is 0.131. The molecule has 0 aromatic rings. The Balaban J connectivity index is 2.54. The molecule has 1 fully saturated rings. The highest BCUT2D eigenvalue weighted by Crippen LogP contribution is 2.19. The van der Waals surface area contributed by atoms with Gasteiger partial charge in [0.25, 0.3) is 0 Å². The van der Waals surface area contributed by atoms with Gasteiger partial charge >= 0.3 is 0 Å². The van der Waals surface area contributed by atoms with Crippen LogP contribution in [0.15, 0.2) is 0 Å². The van der Waals surface area contributed by atoms with Gasteiger partial charge in [0.15, 0.2) is 0 Å². The standard InChI is InChI=1S/C12H24N2O/c1-8(2)10(4)12(15)14-6-5-11(13)9(3)7-14/h8-11H,5-7,13H2,1-4H3. The van der Waals surface area contributed by atoms with Crippen LogP contribution in [0.1, 0.15) is 34.1 Å². The van der Waals surface area contributed by atoms with Crippen molar-refractivity contribution in [3.63, 3.8) is 0 Å². The molecule has 0 bridgehead atoms. The number of piperidine rings is 1. The lowest BCUT2D eigenvalue weighted by atomic mass is 9.91. The molecule has 1 aliphatic heterocycles. The van der Waals surface area contributed by atoms with Gasteiger partial charge in [-0.3, -0.25) is 4.79 Å². The van der Waals surface area contributed by atoms with Crippen molar-refractivity contribution in [1.82, 2.24) is 4.90 Å². The Morgan fingerprint density at radius 1 is 1.40 bits per heavy atom. The number of nitrogens with two attached hydrogens (primary N) is 1. The largest absolute Gasteiger partial charge is 0.342 e. The third-order valence-corrected chi connectivity index (χ3v) is 3.67. The molecule has 1 rings (SSSR count). The third kappa shape index (κ3) is 2.94. The van der Waals surface area contributed by atoms with E-state index < -0.39 is 0 Å². The van der Waals surface area contributed by atoms with Gasteiger partial charge < -0.3 is 10.6 Å². The Morgan fingerprint density at radius 3 is 2.47 bits per heavy atom. The first-order valence-corrected chi connectivity index (χ1v) is 5.97. The zero-order valence-corrected chi connectivity index (χ0v) is 10.4. The van der Waals surface area contributed by atoms with Crippen LogP contribution >= 0.6 is 0 Å². The first-order valence-electron chi connectivity index (χ1n) is 5.97. The van der Waals surface area contributed by atoms with Gasteiger partial charge in [0.05, 0.1) is 0 Å². The molecule has 0 radical (unpaired) electrons. The van der Waals surface area contributed by atoms with Gasteiger partial charge in [-0.25, -0.2) is 0 Å². The minimum Gasteiger partial charge on any atom is -0.342 e. The summed E-state index contributed by atoms with van der Waals surface area (Å²) in [6.07, 6.45) is 0.942. The van der Waals surface area contributed by atoms with E-state index in [1.807, 2.05) is 11.8 Å². The molecule has 3 nitrogen and oxygen atoms in total. The molecule has 15 heavy (non-hydrogen) atoms. The molecule has 88 valence electrons. The van der Waals surface area contributed by atoms with Gasteiger partial charge in [-0.1, -0.05) is 27.7 Å². The molecule has 0 aromatic heterocycles. The van der Waals surface area contributed by atoms with Gasteiger partial charge in [-0.2, -0.15) is 0 Å². The van der Waals surface area contributed by atoms with Crippen molar-refractivity contribution in [2.45, 2.75) is 40.2 Å². The molecule has 1 saturated heterocycles. The number of carbonyl (C=O) groups is 1. The van der Waals surface area contributed by atoms with Gasteiger partial charge in [0.2, 0.25) is 5.91 Å². The summed E-state index contributed by atoms with van der Waals surface area (Å²) in [5.41, 5.74) is 5.94. The van der Waals surface area contributed by atoms with E-state index in [1.54, 1.807) is 0 Å². The molecule has 0 spiro atoms. The number of hydrogen-bond donors (Lipinski definition) is 1. The molecule has 3 heteroatoms. The Kier molecular flexibility index (Phi) is 4.14. The van der Waals surface area contributed by atoms with E-state index >= 15 is 0 Å². The normalized spacial score (nSPS) is 29.3. The van der Waals surface area contributed by atoms with Crippen LogP contribution in [-0.2, 0) is 4.79 Å². The van der Waals surface area contributed by atoms with Crippen molar-refractivity contribution in [3.05, 3.63) is 0 Å². The van der Waals surface area contributed by atoms with Crippen molar-refractivity contribution in [3.8, 4) is 0 Å². The lowest BCUT2D eigenvalue weighted by Gasteiger charge is -2.37. The number of carbonyl (C=O) groups excluding carboxylic acids is 1. The minimum atomic E-state index is 0.131. The zero-order valence-electron chi connectivity index (χ0n) is 10.4. The molecule has 0 aliphatic carbocycles. The van der Waals surface area contributed by atoms with Crippen LogP contribution in [0.5, 0.6) is 0 Å². The summed E-state index contributed by atoms with van der Waals surface area (Å²) in [4.78, 5) is 14.1. The van der Waals surface area contributed by atoms with Crippen molar-refractivity contribution < 1.29 is 4.79 Å². The average Bonchev–Trinajstić information content (AvgIpc) is 2.19. The Bertz CT molecular complexity index is 228. The fourth-order valence-corrected chi connectivity index (χ4v) is 1.94. The number of rotatable bonds is 2. The fraction of sp³-hybridized carbons (Fsp3) is 0.917. The molecule has 0 aromatic carbocycles. The fourth-order valence-electron chi connectivity index (χ4n) is 1.94. The highest BCUT2D eigenvalue weighted by atomic mass is 16.2. The van der Waals surface area contributed by atoms with Crippen LogP contribution in [-0.4, -0.2) is 29.9 Å². The van der Waals surface area contributed by atoms with Crippen LogP contribution in [0, 0.1) is 17.8 Å². The highest BCUT2D eigenvalue weighted by molar-refractivity contribution is 5.78. The van der Waals surface area contributed by atoms with E-state index in [4.69, 9.17) is 5.73 Å². The van der Waals surface area contributed by atoms with Gasteiger partial charge in [0, 0.05) is 25.0 Å². The number of amides is 1. The quantitative estimate of drug-likeness (QED) is 0.753. The maximum Gasteiger partial charge on any atom is 0.225 e. The predicted molar refractivity (Wildman–Crippen MR) is 62.3 cm³/mol. The maximum atomic E-state index is 12.1. The highest BCUT2D eigenvalue weighted by Gasteiger charge is 2.29. The third-order valence-electron chi connectivity index (χ3n) is 3.67.